The van der Waals surface area contributed by atoms with Gasteiger partial charge in [0.1, 0.15) is 5.15 Å². The van der Waals surface area contributed by atoms with E-state index < -0.39 is 11.9 Å². The minimum absolute atomic E-state index is 0.172. The molecule has 0 aliphatic carbocycles. The molecule has 4 N–H and O–H groups in total. The SMILES string of the molecule is NC(=O)Nc1ccc(NC(=O)c2cc(Cl)ncc2Cl)cc1. The summed E-state index contributed by atoms with van der Waals surface area (Å²) in [6.07, 6.45) is 1.30. The lowest BCUT2D eigenvalue weighted by Gasteiger charge is -2.08. The number of hydrogen-bond donors (Lipinski definition) is 3. The van der Waals surface area contributed by atoms with Gasteiger partial charge >= 0.3 is 6.03 Å². The molecule has 6 nitrogen and oxygen atoms in total. The molecule has 108 valence electrons. The Balaban J connectivity index is 2.12. The fourth-order valence-electron chi connectivity index (χ4n) is 1.56. The number of urea groups is 1. The number of nitrogens with two attached hydrogens (primary N) is 1. The van der Waals surface area contributed by atoms with Crippen molar-refractivity contribution in [2.24, 2.45) is 5.73 Å². The molecule has 1 aromatic heterocycles. The number of halogens is 2. The Labute approximate surface area is 130 Å². The van der Waals surface area contributed by atoms with Crippen LogP contribution >= 0.6 is 23.2 Å². The van der Waals surface area contributed by atoms with E-state index in [0.717, 1.165) is 0 Å². The Kier molecular flexibility index (Phi) is 4.62. The van der Waals surface area contributed by atoms with Crippen molar-refractivity contribution in [3.63, 3.8) is 0 Å². The van der Waals surface area contributed by atoms with Gasteiger partial charge in [0.25, 0.3) is 5.91 Å². The second-order valence-electron chi connectivity index (χ2n) is 4.01. The number of benzene rings is 1. The minimum atomic E-state index is -0.662. The van der Waals surface area contributed by atoms with Crippen molar-refractivity contribution in [1.29, 1.82) is 0 Å². The van der Waals surface area contributed by atoms with Crippen molar-refractivity contribution in [1.82, 2.24) is 4.98 Å². The van der Waals surface area contributed by atoms with Gasteiger partial charge in [0.05, 0.1) is 10.6 Å². The first kappa shape index (κ1) is 15.1. The molecule has 0 saturated heterocycles. The summed E-state index contributed by atoms with van der Waals surface area (Å²) >= 11 is 11.6. The van der Waals surface area contributed by atoms with E-state index in [4.69, 9.17) is 28.9 Å². The van der Waals surface area contributed by atoms with Crippen LogP contribution in [-0.4, -0.2) is 16.9 Å². The van der Waals surface area contributed by atoms with Gasteiger partial charge in [0.15, 0.2) is 0 Å². The monoisotopic (exact) mass is 324 g/mol. The van der Waals surface area contributed by atoms with Gasteiger partial charge in [0, 0.05) is 17.6 Å². The number of hydrogen-bond acceptors (Lipinski definition) is 3. The van der Waals surface area contributed by atoms with Crippen LogP contribution in [-0.2, 0) is 0 Å². The zero-order valence-electron chi connectivity index (χ0n) is 10.6. The lowest BCUT2D eigenvalue weighted by Crippen LogP contribution is -2.19. The minimum Gasteiger partial charge on any atom is -0.351 e. The van der Waals surface area contributed by atoms with Crippen LogP contribution in [0, 0.1) is 0 Å². The molecule has 3 amide bonds. The highest BCUT2D eigenvalue weighted by molar-refractivity contribution is 6.35. The Morgan fingerprint density at radius 1 is 1.05 bits per heavy atom. The van der Waals surface area contributed by atoms with E-state index >= 15 is 0 Å². The third-order valence-electron chi connectivity index (χ3n) is 2.48. The van der Waals surface area contributed by atoms with Gasteiger partial charge in [0.2, 0.25) is 0 Å². The quantitative estimate of drug-likeness (QED) is 0.756. The van der Waals surface area contributed by atoms with E-state index in [0.29, 0.717) is 11.4 Å². The maximum absolute atomic E-state index is 12.1. The average molecular weight is 325 g/mol. The largest absolute Gasteiger partial charge is 0.351 e. The molecule has 1 heterocycles. The molecule has 2 aromatic rings. The van der Waals surface area contributed by atoms with Crippen LogP contribution in [0.4, 0.5) is 16.2 Å². The van der Waals surface area contributed by atoms with E-state index in [1.165, 1.54) is 12.3 Å². The molecule has 0 spiro atoms. The number of carbonyl (C=O) groups excluding carboxylic acids is 2. The number of rotatable bonds is 3. The summed E-state index contributed by atoms with van der Waals surface area (Å²) in [7, 11) is 0. The first-order valence-electron chi connectivity index (χ1n) is 5.74. The van der Waals surface area contributed by atoms with Crippen LogP contribution in [0.25, 0.3) is 0 Å². The number of primary amides is 1. The molecule has 0 atom stereocenters. The average Bonchev–Trinajstić information content (AvgIpc) is 2.43. The maximum atomic E-state index is 12.1. The number of amides is 3. The topological polar surface area (TPSA) is 97.1 Å². The van der Waals surface area contributed by atoms with Crippen molar-refractivity contribution in [2.75, 3.05) is 10.6 Å². The molecule has 2 rings (SSSR count). The van der Waals surface area contributed by atoms with Crippen molar-refractivity contribution >= 4 is 46.5 Å². The third-order valence-corrected chi connectivity index (χ3v) is 2.98. The summed E-state index contributed by atoms with van der Waals surface area (Å²) in [6, 6.07) is 7.13. The number of anilines is 2. The standard InChI is InChI=1S/C13H10Cl2N4O2/c14-10-6-17-11(15)5-9(10)12(20)18-7-1-3-8(4-2-7)19-13(16)21/h1-6H,(H,18,20)(H3,16,19,21). The molecule has 0 aliphatic heterocycles. The van der Waals surface area contributed by atoms with Crippen molar-refractivity contribution in [3.8, 4) is 0 Å². The molecule has 0 bridgehead atoms. The summed E-state index contributed by atoms with van der Waals surface area (Å²) in [5.41, 5.74) is 6.26. The number of nitrogens with one attached hydrogen (secondary N) is 2. The first-order chi connectivity index (χ1) is 9.95. The van der Waals surface area contributed by atoms with Gasteiger partial charge in [-0.25, -0.2) is 9.78 Å². The summed E-state index contributed by atoms with van der Waals surface area (Å²) in [5.74, 6) is -0.417. The summed E-state index contributed by atoms with van der Waals surface area (Å²) < 4.78 is 0. The Hall–Kier alpha value is -2.31. The number of carbonyl (C=O) groups is 2. The van der Waals surface area contributed by atoms with Crippen molar-refractivity contribution in [3.05, 3.63) is 52.3 Å². The molecule has 0 fully saturated rings. The van der Waals surface area contributed by atoms with E-state index in [-0.39, 0.29) is 15.7 Å². The van der Waals surface area contributed by atoms with Crippen LogP contribution in [0.5, 0.6) is 0 Å². The van der Waals surface area contributed by atoms with E-state index in [9.17, 15) is 9.59 Å². The number of nitrogens with zero attached hydrogens (tertiary/aromatic N) is 1. The van der Waals surface area contributed by atoms with Crippen LogP contribution in [0.2, 0.25) is 10.2 Å². The normalized spacial score (nSPS) is 10.0. The van der Waals surface area contributed by atoms with Crippen LogP contribution in [0.1, 0.15) is 10.4 Å². The van der Waals surface area contributed by atoms with Gasteiger partial charge < -0.3 is 16.4 Å². The zero-order chi connectivity index (χ0) is 15.4. The molecule has 0 saturated carbocycles. The number of aromatic nitrogens is 1. The van der Waals surface area contributed by atoms with Gasteiger partial charge in [-0.3, -0.25) is 4.79 Å². The molecular weight excluding hydrogens is 315 g/mol. The predicted octanol–water partition coefficient (Wildman–Crippen LogP) is 3.13. The molecular formula is C13H10Cl2N4O2. The lowest BCUT2D eigenvalue weighted by atomic mass is 10.2. The van der Waals surface area contributed by atoms with Gasteiger partial charge in [-0.15, -0.1) is 0 Å². The maximum Gasteiger partial charge on any atom is 0.316 e. The molecule has 21 heavy (non-hydrogen) atoms. The second-order valence-corrected chi connectivity index (χ2v) is 4.80. The van der Waals surface area contributed by atoms with Gasteiger partial charge in [-0.2, -0.15) is 0 Å². The highest BCUT2D eigenvalue weighted by Crippen LogP contribution is 2.20. The van der Waals surface area contributed by atoms with Crippen molar-refractivity contribution in [2.45, 2.75) is 0 Å². The Morgan fingerprint density at radius 3 is 2.19 bits per heavy atom. The van der Waals surface area contributed by atoms with E-state index in [1.54, 1.807) is 24.3 Å². The molecule has 1 aromatic carbocycles. The summed E-state index contributed by atoms with van der Waals surface area (Å²) in [6.45, 7) is 0. The molecule has 0 unspecified atom stereocenters. The number of pyridine rings is 1. The Bertz CT molecular complexity index is 689. The van der Waals surface area contributed by atoms with Gasteiger partial charge in [-0.05, 0) is 30.3 Å². The summed E-state index contributed by atoms with van der Waals surface area (Å²) in [4.78, 5) is 26.5. The lowest BCUT2D eigenvalue weighted by molar-refractivity contribution is 0.102. The fourth-order valence-corrected chi connectivity index (χ4v) is 1.91. The molecule has 8 heteroatoms. The van der Waals surface area contributed by atoms with E-state index in [1.807, 2.05) is 0 Å². The fraction of sp³-hybridized carbons (Fsp3) is 0. The first-order valence-corrected chi connectivity index (χ1v) is 6.50. The zero-order valence-corrected chi connectivity index (χ0v) is 12.1. The highest BCUT2D eigenvalue weighted by atomic mass is 35.5. The molecule has 0 radical (unpaired) electrons. The smallest absolute Gasteiger partial charge is 0.316 e. The van der Waals surface area contributed by atoms with Crippen LogP contribution in [0.15, 0.2) is 36.5 Å². The van der Waals surface area contributed by atoms with E-state index in [2.05, 4.69) is 15.6 Å². The predicted molar refractivity (Wildman–Crippen MR) is 81.9 cm³/mol. The van der Waals surface area contributed by atoms with Crippen LogP contribution < -0.4 is 16.4 Å². The third kappa shape index (κ3) is 4.08. The molecule has 0 aliphatic rings. The van der Waals surface area contributed by atoms with Crippen molar-refractivity contribution < 1.29 is 9.59 Å². The van der Waals surface area contributed by atoms with Gasteiger partial charge in [-0.1, -0.05) is 23.2 Å². The Morgan fingerprint density at radius 2 is 1.62 bits per heavy atom. The highest BCUT2D eigenvalue weighted by Gasteiger charge is 2.12. The second kappa shape index (κ2) is 6.43. The van der Waals surface area contributed by atoms with Crippen LogP contribution in [0.3, 0.4) is 0 Å². The summed E-state index contributed by atoms with van der Waals surface area (Å²) in [5, 5.41) is 5.44.